The Bertz CT molecular complexity index is 1000. The van der Waals surface area contributed by atoms with Gasteiger partial charge in [0.2, 0.25) is 5.84 Å². The number of rotatable bonds is 4. The Kier molecular flexibility index (Phi) is 5.84. The highest BCUT2D eigenvalue weighted by molar-refractivity contribution is 6.43. The molecule has 0 spiro atoms. The van der Waals surface area contributed by atoms with Crippen LogP contribution < -0.4 is 15.8 Å². The van der Waals surface area contributed by atoms with Crippen LogP contribution in [0.2, 0.25) is 5.02 Å². The molecule has 1 aliphatic heterocycles. The molecule has 0 radical (unpaired) electrons. The molecule has 0 aliphatic carbocycles. The fraction of sp³-hybridized carbons (Fsp3) is 0.200. The molecular weight excluding hydrogens is 394 g/mol. The first-order valence-electron chi connectivity index (χ1n) is 8.79. The number of halogens is 1. The van der Waals surface area contributed by atoms with E-state index in [0.717, 1.165) is 5.56 Å². The molecule has 0 unspecified atom stereocenters. The number of anilines is 2. The van der Waals surface area contributed by atoms with E-state index in [4.69, 9.17) is 11.6 Å². The average molecular weight is 414 g/mol. The number of amides is 3. The van der Waals surface area contributed by atoms with Gasteiger partial charge in [0.15, 0.2) is 0 Å². The highest BCUT2D eigenvalue weighted by atomic mass is 35.5. The Hall–Kier alpha value is -3.39. The fourth-order valence-corrected chi connectivity index (χ4v) is 2.84. The SMILES string of the molecule is Cc1ccc(N2NC(C(=O)Nc3ccc(Cl)c(C(=O)N(C)C)c3)=NCC2=O)cc1. The summed E-state index contributed by atoms with van der Waals surface area (Å²) in [6.07, 6.45) is 0. The van der Waals surface area contributed by atoms with Crippen LogP contribution in [0.1, 0.15) is 15.9 Å². The van der Waals surface area contributed by atoms with Crippen LogP contribution >= 0.6 is 11.6 Å². The van der Waals surface area contributed by atoms with Crippen LogP contribution in [-0.4, -0.2) is 49.1 Å². The van der Waals surface area contributed by atoms with Gasteiger partial charge >= 0.3 is 0 Å². The van der Waals surface area contributed by atoms with Crippen molar-refractivity contribution in [2.75, 3.05) is 31.0 Å². The smallest absolute Gasteiger partial charge is 0.292 e. The second kappa shape index (κ2) is 8.32. The number of amidine groups is 1. The van der Waals surface area contributed by atoms with Gasteiger partial charge in [-0.3, -0.25) is 24.8 Å². The summed E-state index contributed by atoms with van der Waals surface area (Å²) in [4.78, 5) is 42.4. The van der Waals surface area contributed by atoms with E-state index in [1.165, 1.54) is 22.0 Å². The molecule has 3 amide bonds. The van der Waals surface area contributed by atoms with Gasteiger partial charge in [-0.1, -0.05) is 29.3 Å². The Morgan fingerprint density at radius 2 is 1.86 bits per heavy atom. The van der Waals surface area contributed by atoms with Crippen molar-refractivity contribution in [1.29, 1.82) is 0 Å². The molecule has 2 aromatic rings. The van der Waals surface area contributed by atoms with Gasteiger partial charge in [-0.2, -0.15) is 0 Å². The van der Waals surface area contributed by atoms with E-state index in [1.54, 1.807) is 32.3 Å². The van der Waals surface area contributed by atoms with Gasteiger partial charge in [0.1, 0.15) is 6.54 Å². The Balaban J connectivity index is 1.77. The zero-order valence-electron chi connectivity index (χ0n) is 16.2. The van der Waals surface area contributed by atoms with E-state index in [0.29, 0.717) is 11.4 Å². The minimum Gasteiger partial charge on any atom is -0.345 e. The Morgan fingerprint density at radius 1 is 1.17 bits per heavy atom. The second-order valence-electron chi connectivity index (χ2n) is 6.69. The largest absolute Gasteiger partial charge is 0.345 e. The number of benzene rings is 2. The highest BCUT2D eigenvalue weighted by Gasteiger charge is 2.26. The van der Waals surface area contributed by atoms with Crippen LogP contribution in [-0.2, 0) is 9.59 Å². The number of aliphatic imine (C=N–C) groups is 1. The van der Waals surface area contributed by atoms with Gasteiger partial charge in [0.25, 0.3) is 17.7 Å². The van der Waals surface area contributed by atoms with Crippen molar-refractivity contribution in [2.24, 2.45) is 4.99 Å². The van der Waals surface area contributed by atoms with Crippen LogP contribution in [0.5, 0.6) is 0 Å². The molecule has 29 heavy (non-hydrogen) atoms. The summed E-state index contributed by atoms with van der Waals surface area (Å²) in [6, 6.07) is 11.9. The van der Waals surface area contributed by atoms with Gasteiger partial charge < -0.3 is 10.2 Å². The molecule has 0 aromatic heterocycles. The lowest BCUT2D eigenvalue weighted by Gasteiger charge is -2.27. The minimum absolute atomic E-state index is 0.0133. The summed E-state index contributed by atoms with van der Waals surface area (Å²) in [5.41, 5.74) is 5.05. The molecule has 0 saturated carbocycles. The minimum atomic E-state index is -0.541. The van der Waals surface area contributed by atoms with Crippen LogP contribution in [0.15, 0.2) is 47.5 Å². The maximum absolute atomic E-state index is 12.6. The maximum Gasteiger partial charge on any atom is 0.292 e. The summed E-state index contributed by atoms with van der Waals surface area (Å²) < 4.78 is 0. The molecule has 0 saturated heterocycles. The van der Waals surface area contributed by atoms with Crippen molar-refractivity contribution in [3.63, 3.8) is 0 Å². The van der Waals surface area contributed by atoms with Crippen LogP contribution in [0.4, 0.5) is 11.4 Å². The number of hydrogen-bond donors (Lipinski definition) is 2. The summed E-state index contributed by atoms with van der Waals surface area (Å²) in [7, 11) is 3.22. The first-order valence-corrected chi connectivity index (χ1v) is 9.17. The van der Waals surface area contributed by atoms with Crippen molar-refractivity contribution in [3.8, 4) is 0 Å². The molecule has 2 aromatic carbocycles. The highest BCUT2D eigenvalue weighted by Crippen LogP contribution is 2.22. The van der Waals surface area contributed by atoms with Gasteiger partial charge in [-0.15, -0.1) is 0 Å². The molecule has 1 heterocycles. The monoisotopic (exact) mass is 413 g/mol. The summed E-state index contributed by atoms with van der Waals surface area (Å²) in [5, 5.41) is 4.23. The van der Waals surface area contributed by atoms with E-state index in [1.807, 2.05) is 19.1 Å². The fourth-order valence-electron chi connectivity index (χ4n) is 2.64. The lowest BCUT2D eigenvalue weighted by atomic mass is 10.1. The Labute approximate surface area is 173 Å². The van der Waals surface area contributed by atoms with Gasteiger partial charge in [-0.05, 0) is 37.3 Å². The van der Waals surface area contributed by atoms with Crippen molar-refractivity contribution in [1.82, 2.24) is 10.3 Å². The number of carbonyl (C=O) groups is 3. The molecule has 1 aliphatic rings. The van der Waals surface area contributed by atoms with Gasteiger partial charge in [0, 0.05) is 19.8 Å². The third-order valence-corrected chi connectivity index (χ3v) is 4.54. The summed E-state index contributed by atoms with van der Waals surface area (Å²) >= 11 is 6.09. The van der Waals surface area contributed by atoms with E-state index in [9.17, 15) is 14.4 Å². The van der Waals surface area contributed by atoms with Crippen molar-refractivity contribution >= 4 is 46.5 Å². The van der Waals surface area contributed by atoms with Crippen molar-refractivity contribution in [3.05, 3.63) is 58.6 Å². The third-order valence-electron chi connectivity index (χ3n) is 4.21. The zero-order valence-corrected chi connectivity index (χ0v) is 16.9. The first kappa shape index (κ1) is 20.3. The standard InChI is InChI=1S/C20H20ClN5O3/c1-12-4-7-14(8-5-12)26-17(27)11-22-18(24-26)19(28)23-13-6-9-16(21)15(10-13)20(29)25(2)3/h4-10H,11H2,1-3H3,(H,22,24)(H,23,28). The van der Waals surface area contributed by atoms with Crippen LogP contribution in [0.25, 0.3) is 0 Å². The normalized spacial score (nSPS) is 13.4. The predicted octanol–water partition coefficient (Wildman–Crippen LogP) is 2.24. The van der Waals surface area contributed by atoms with E-state index >= 15 is 0 Å². The summed E-state index contributed by atoms with van der Waals surface area (Å²) in [6.45, 7) is 1.78. The number of hydrogen-bond acceptors (Lipinski definition) is 5. The molecule has 3 rings (SSSR count). The molecule has 8 nitrogen and oxygen atoms in total. The van der Waals surface area contributed by atoms with E-state index in [-0.39, 0.29) is 34.8 Å². The molecule has 2 N–H and O–H groups in total. The number of carbonyl (C=O) groups excluding carboxylic acids is 3. The third kappa shape index (κ3) is 4.55. The van der Waals surface area contributed by atoms with Gasteiger partial charge in [-0.25, -0.2) is 5.01 Å². The van der Waals surface area contributed by atoms with Crippen LogP contribution in [0, 0.1) is 6.92 Å². The topological polar surface area (TPSA) is 94.1 Å². The summed E-state index contributed by atoms with van der Waals surface area (Å²) in [5.74, 6) is -1.12. The molecule has 0 bridgehead atoms. The van der Waals surface area contributed by atoms with Crippen LogP contribution in [0.3, 0.4) is 0 Å². The molecule has 150 valence electrons. The lowest BCUT2D eigenvalue weighted by Crippen LogP contribution is -2.54. The average Bonchev–Trinajstić information content (AvgIpc) is 2.70. The Morgan fingerprint density at radius 3 is 2.52 bits per heavy atom. The molecule has 0 fully saturated rings. The van der Waals surface area contributed by atoms with Crippen molar-refractivity contribution < 1.29 is 14.4 Å². The maximum atomic E-state index is 12.6. The quantitative estimate of drug-likeness (QED) is 0.803. The number of nitrogens with one attached hydrogen (secondary N) is 2. The molecule has 9 heteroatoms. The van der Waals surface area contributed by atoms with Crippen molar-refractivity contribution in [2.45, 2.75) is 6.92 Å². The first-order chi connectivity index (χ1) is 13.8. The predicted molar refractivity (Wildman–Crippen MR) is 112 cm³/mol. The van der Waals surface area contributed by atoms with E-state index in [2.05, 4.69) is 15.7 Å². The molecular formula is C20H20ClN5O3. The zero-order chi connectivity index (χ0) is 21.1. The second-order valence-corrected chi connectivity index (χ2v) is 7.10. The van der Waals surface area contributed by atoms with E-state index < -0.39 is 5.91 Å². The van der Waals surface area contributed by atoms with Gasteiger partial charge in [0.05, 0.1) is 16.3 Å². The lowest BCUT2D eigenvalue weighted by molar-refractivity contribution is -0.118. The number of aryl methyl sites for hydroxylation is 1. The molecule has 0 atom stereocenters. The number of hydrazine groups is 1. The number of nitrogens with zero attached hydrogens (tertiary/aromatic N) is 3.